The zero-order valence-electron chi connectivity index (χ0n) is 11.3. The highest BCUT2D eigenvalue weighted by Crippen LogP contribution is 2.30. The molecule has 1 saturated heterocycles. The summed E-state index contributed by atoms with van der Waals surface area (Å²) in [6.07, 6.45) is 1.19. The van der Waals surface area contributed by atoms with Crippen LogP contribution in [-0.4, -0.2) is 35.0 Å². The Hall–Kier alpha value is -0.670. The SMILES string of the molecule is CC1CN(Cc2cccc3c2NCC3)CC(C)S1. The van der Waals surface area contributed by atoms with Crippen LogP contribution in [0.1, 0.15) is 25.0 Å². The van der Waals surface area contributed by atoms with E-state index >= 15 is 0 Å². The second kappa shape index (κ2) is 5.14. The first-order chi connectivity index (χ1) is 8.72. The molecule has 2 aliphatic heterocycles. The van der Waals surface area contributed by atoms with Crippen LogP contribution in [0, 0.1) is 0 Å². The Labute approximate surface area is 114 Å². The number of nitrogens with one attached hydrogen (secondary N) is 1. The maximum absolute atomic E-state index is 3.55. The summed E-state index contributed by atoms with van der Waals surface area (Å²) in [5.41, 5.74) is 4.40. The van der Waals surface area contributed by atoms with Crippen molar-refractivity contribution in [2.24, 2.45) is 0 Å². The molecule has 0 aliphatic carbocycles. The van der Waals surface area contributed by atoms with Crippen LogP contribution in [0.3, 0.4) is 0 Å². The molecule has 0 radical (unpaired) electrons. The minimum absolute atomic E-state index is 0.762. The van der Waals surface area contributed by atoms with Crippen molar-refractivity contribution in [2.45, 2.75) is 37.3 Å². The summed E-state index contributed by atoms with van der Waals surface area (Å²) in [5, 5.41) is 5.07. The van der Waals surface area contributed by atoms with E-state index in [1.807, 2.05) is 0 Å². The van der Waals surface area contributed by atoms with Crippen LogP contribution in [0.25, 0.3) is 0 Å². The number of para-hydroxylation sites is 1. The lowest BCUT2D eigenvalue weighted by molar-refractivity contribution is 0.263. The number of fused-ring (bicyclic) bond motifs is 1. The zero-order chi connectivity index (χ0) is 12.5. The molecule has 0 aromatic heterocycles. The van der Waals surface area contributed by atoms with E-state index in [0.717, 1.165) is 23.6 Å². The minimum Gasteiger partial charge on any atom is -0.384 e. The Balaban J connectivity index is 1.75. The fourth-order valence-corrected chi connectivity index (χ4v) is 4.58. The van der Waals surface area contributed by atoms with Crippen LogP contribution < -0.4 is 5.32 Å². The van der Waals surface area contributed by atoms with Gasteiger partial charge in [-0.1, -0.05) is 32.0 Å². The molecule has 1 aromatic carbocycles. The highest BCUT2D eigenvalue weighted by molar-refractivity contribution is 8.00. The van der Waals surface area contributed by atoms with E-state index in [9.17, 15) is 0 Å². The topological polar surface area (TPSA) is 15.3 Å². The van der Waals surface area contributed by atoms with Gasteiger partial charge in [-0.3, -0.25) is 4.90 Å². The number of nitrogens with zero attached hydrogens (tertiary/aromatic N) is 1. The minimum atomic E-state index is 0.762. The molecule has 3 rings (SSSR count). The van der Waals surface area contributed by atoms with Gasteiger partial charge in [-0.15, -0.1) is 0 Å². The molecule has 2 aliphatic rings. The van der Waals surface area contributed by atoms with E-state index in [1.54, 1.807) is 0 Å². The summed E-state index contributed by atoms with van der Waals surface area (Å²) in [7, 11) is 0. The largest absolute Gasteiger partial charge is 0.384 e. The number of hydrogen-bond donors (Lipinski definition) is 1. The molecule has 0 spiro atoms. The number of anilines is 1. The van der Waals surface area contributed by atoms with Crippen molar-refractivity contribution in [3.63, 3.8) is 0 Å². The molecule has 0 amide bonds. The van der Waals surface area contributed by atoms with Crippen LogP contribution in [0.4, 0.5) is 5.69 Å². The maximum Gasteiger partial charge on any atom is 0.0419 e. The zero-order valence-corrected chi connectivity index (χ0v) is 12.1. The normalized spacial score (nSPS) is 27.9. The first-order valence-electron chi connectivity index (χ1n) is 6.95. The maximum atomic E-state index is 3.55. The Bertz CT molecular complexity index is 423. The number of thioether (sulfide) groups is 1. The van der Waals surface area contributed by atoms with E-state index < -0.39 is 0 Å². The molecular formula is C15H22N2S. The van der Waals surface area contributed by atoms with E-state index in [2.05, 4.69) is 54.0 Å². The van der Waals surface area contributed by atoms with Crippen molar-refractivity contribution < 1.29 is 0 Å². The molecule has 2 nitrogen and oxygen atoms in total. The van der Waals surface area contributed by atoms with Gasteiger partial charge in [0.15, 0.2) is 0 Å². The fraction of sp³-hybridized carbons (Fsp3) is 0.600. The van der Waals surface area contributed by atoms with Gasteiger partial charge in [-0.25, -0.2) is 0 Å². The molecule has 2 unspecified atom stereocenters. The van der Waals surface area contributed by atoms with Gasteiger partial charge < -0.3 is 5.32 Å². The number of benzene rings is 1. The highest BCUT2D eigenvalue weighted by Gasteiger charge is 2.23. The Morgan fingerprint density at radius 3 is 2.83 bits per heavy atom. The summed E-state index contributed by atoms with van der Waals surface area (Å²) in [6.45, 7) is 9.35. The molecule has 1 N–H and O–H groups in total. The molecule has 2 atom stereocenters. The van der Waals surface area contributed by atoms with Crippen molar-refractivity contribution in [2.75, 3.05) is 25.0 Å². The molecule has 3 heteroatoms. The second-order valence-corrected chi connectivity index (χ2v) is 7.46. The summed E-state index contributed by atoms with van der Waals surface area (Å²) < 4.78 is 0. The Kier molecular flexibility index (Phi) is 3.53. The van der Waals surface area contributed by atoms with Crippen molar-refractivity contribution in [1.29, 1.82) is 0 Å². The lowest BCUT2D eigenvalue weighted by Crippen LogP contribution is -2.39. The molecule has 98 valence electrons. The van der Waals surface area contributed by atoms with Crippen molar-refractivity contribution in [3.05, 3.63) is 29.3 Å². The third-order valence-electron chi connectivity index (χ3n) is 3.82. The smallest absolute Gasteiger partial charge is 0.0419 e. The van der Waals surface area contributed by atoms with Crippen LogP contribution in [0.5, 0.6) is 0 Å². The first kappa shape index (κ1) is 12.4. The average Bonchev–Trinajstić information content (AvgIpc) is 2.76. The van der Waals surface area contributed by atoms with E-state index in [4.69, 9.17) is 0 Å². The lowest BCUT2D eigenvalue weighted by atomic mass is 10.1. The van der Waals surface area contributed by atoms with Gasteiger partial charge in [0.2, 0.25) is 0 Å². The average molecular weight is 262 g/mol. The van der Waals surface area contributed by atoms with Crippen LogP contribution >= 0.6 is 11.8 Å². The molecule has 0 saturated carbocycles. The van der Waals surface area contributed by atoms with Gasteiger partial charge in [-0.05, 0) is 17.5 Å². The van der Waals surface area contributed by atoms with E-state index in [0.29, 0.717) is 0 Å². The number of hydrogen-bond acceptors (Lipinski definition) is 3. The monoisotopic (exact) mass is 262 g/mol. The fourth-order valence-electron chi connectivity index (χ4n) is 3.20. The van der Waals surface area contributed by atoms with Crippen molar-refractivity contribution in [1.82, 2.24) is 4.90 Å². The number of rotatable bonds is 2. The molecule has 2 heterocycles. The summed E-state index contributed by atoms with van der Waals surface area (Å²) in [5.74, 6) is 0. The standard InChI is InChI=1S/C15H22N2S/c1-11-8-17(9-12(2)18-11)10-14-5-3-4-13-6-7-16-15(13)14/h3-5,11-12,16H,6-10H2,1-2H3. The third-order valence-corrected chi connectivity index (χ3v) is 5.05. The van der Waals surface area contributed by atoms with Gasteiger partial charge in [0.05, 0.1) is 0 Å². The van der Waals surface area contributed by atoms with Gasteiger partial charge in [0.25, 0.3) is 0 Å². The molecule has 0 bridgehead atoms. The Morgan fingerprint density at radius 1 is 1.28 bits per heavy atom. The molecular weight excluding hydrogens is 240 g/mol. The predicted molar refractivity (Wildman–Crippen MR) is 80.4 cm³/mol. The molecule has 1 fully saturated rings. The van der Waals surface area contributed by atoms with Gasteiger partial charge >= 0.3 is 0 Å². The molecule has 18 heavy (non-hydrogen) atoms. The Morgan fingerprint density at radius 2 is 2.06 bits per heavy atom. The molecule has 1 aromatic rings. The van der Waals surface area contributed by atoms with E-state index in [-0.39, 0.29) is 0 Å². The highest BCUT2D eigenvalue weighted by atomic mass is 32.2. The second-order valence-electron chi connectivity index (χ2n) is 5.58. The summed E-state index contributed by atoms with van der Waals surface area (Å²) in [6, 6.07) is 6.76. The van der Waals surface area contributed by atoms with Crippen LogP contribution in [0.15, 0.2) is 18.2 Å². The van der Waals surface area contributed by atoms with Gasteiger partial charge in [0.1, 0.15) is 0 Å². The van der Waals surface area contributed by atoms with Crippen LogP contribution in [0.2, 0.25) is 0 Å². The van der Waals surface area contributed by atoms with E-state index in [1.165, 1.54) is 36.3 Å². The van der Waals surface area contributed by atoms with Crippen molar-refractivity contribution >= 4 is 17.4 Å². The quantitative estimate of drug-likeness (QED) is 0.882. The van der Waals surface area contributed by atoms with Gasteiger partial charge in [-0.2, -0.15) is 11.8 Å². The van der Waals surface area contributed by atoms with Crippen LogP contribution in [-0.2, 0) is 13.0 Å². The first-order valence-corrected chi connectivity index (χ1v) is 7.89. The lowest BCUT2D eigenvalue weighted by Gasteiger charge is -2.34. The predicted octanol–water partition coefficient (Wildman–Crippen LogP) is 2.98. The third kappa shape index (κ3) is 2.52. The van der Waals surface area contributed by atoms with Crippen molar-refractivity contribution in [3.8, 4) is 0 Å². The summed E-state index contributed by atoms with van der Waals surface area (Å²) >= 11 is 2.12. The van der Waals surface area contributed by atoms with Gasteiger partial charge in [0, 0.05) is 42.4 Å². The summed E-state index contributed by atoms with van der Waals surface area (Å²) in [4.78, 5) is 2.61.